The van der Waals surface area contributed by atoms with Crippen molar-refractivity contribution in [1.29, 1.82) is 0 Å². The van der Waals surface area contributed by atoms with Gasteiger partial charge >= 0.3 is 5.97 Å². The number of aromatic nitrogens is 2. The van der Waals surface area contributed by atoms with Gasteiger partial charge in [0.25, 0.3) is 5.56 Å². The maximum Gasteiger partial charge on any atom is 0.360 e. The number of pyridine rings is 2. The van der Waals surface area contributed by atoms with E-state index in [1.807, 2.05) is 30.3 Å². The quantitative estimate of drug-likeness (QED) is 0.423. The number of ether oxygens (including phenoxy) is 1. The van der Waals surface area contributed by atoms with Gasteiger partial charge in [-0.2, -0.15) is 0 Å². The van der Waals surface area contributed by atoms with E-state index in [1.54, 1.807) is 12.1 Å². The highest BCUT2D eigenvalue weighted by molar-refractivity contribution is 7.90. The van der Waals surface area contributed by atoms with Crippen molar-refractivity contribution in [3.05, 3.63) is 88.5 Å². The molecule has 0 unspecified atom stereocenters. The van der Waals surface area contributed by atoms with Gasteiger partial charge in [-0.15, -0.1) is 0 Å². The molecular formula is C25H22N2O6S. The SMILES string of the molecule is COC(=O)c1ncc2c(cc(-c3ccc(S(C)(=O)=O)cc3)c(=O)n2CCc2ccccc2)c1O. The zero-order valence-electron chi connectivity index (χ0n) is 18.6. The number of benzene rings is 2. The number of rotatable bonds is 6. The molecule has 1 N–H and O–H groups in total. The van der Waals surface area contributed by atoms with E-state index in [2.05, 4.69) is 4.98 Å². The molecule has 2 aromatic heterocycles. The Morgan fingerprint density at radius 3 is 2.38 bits per heavy atom. The van der Waals surface area contributed by atoms with Crippen molar-refractivity contribution >= 4 is 26.7 Å². The second-order valence-electron chi connectivity index (χ2n) is 7.79. The van der Waals surface area contributed by atoms with Crippen LogP contribution < -0.4 is 5.56 Å². The number of hydrogen-bond acceptors (Lipinski definition) is 7. The topological polar surface area (TPSA) is 116 Å². The van der Waals surface area contributed by atoms with Crippen LogP contribution in [0.15, 0.2) is 76.6 Å². The zero-order valence-corrected chi connectivity index (χ0v) is 19.4. The van der Waals surface area contributed by atoms with E-state index in [0.717, 1.165) is 11.8 Å². The van der Waals surface area contributed by atoms with Gasteiger partial charge in [0, 0.05) is 23.8 Å². The van der Waals surface area contributed by atoms with Crippen LogP contribution in [0.2, 0.25) is 0 Å². The Kier molecular flexibility index (Phi) is 6.21. The van der Waals surface area contributed by atoms with Crippen LogP contribution in [0.5, 0.6) is 5.75 Å². The minimum absolute atomic E-state index is 0.126. The number of esters is 1. The van der Waals surface area contributed by atoms with Crippen molar-refractivity contribution in [2.45, 2.75) is 17.9 Å². The summed E-state index contributed by atoms with van der Waals surface area (Å²) in [4.78, 5) is 29.7. The summed E-state index contributed by atoms with van der Waals surface area (Å²) in [5.74, 6) is -1.20. The summed E-state index contributed by atoms with van der Waals surface area (Å²) in [6.45, 7) is 0.299. The summed E-state index contributed by atoms with van der Waals surface area (Å²) in [6.07, 6.45) is 3.02. The summed E-state index contributed by atoms with van der Waals surface area (Å²) in [6, 6.07) is 17.0. The molecular weight excluding hydrogens is 456 g/mol. The van der Waals surface area contributed by atoms with Crippen molar-refractivity contribution in [2.24, 2.45) is 0 Å². The number of hydrogen-bond donors (Lipinski definition) is 1. The highest BCUT2D eigenvalue weighted by atomic mass is 32.2. The molecule has 4 rings (SSSR count). The van der Waals surface area contributed by atoms with Gasteiger partial charge in [-0.1, -0.05) is 42.5 Å². The Morgan fingerprint density at radius 2 is 1.76 bits per heavy atom. The average molecular weight is 479 g/mol. The van der Waals surface area contributed by atoms with Crippen molar-refractivity contribution < 1.29 is 23.1 Å². The first-order valence-corrected chi connectivity index (χ1v) is 12.3. The van der Waals surface area contributed by atoms with Gasteiger partial charge in [0.05, 0.1) is 23.7 Å². The number of methoxy groups -OCH3 is 1. The molecule has 0 radical (unpaired) electrons. The van der Waals surface area contributed by atoms with Crippen LogP contribution in [-0.2, 0) is 27.5 Å². The lowest BCUT2D eigenvalue weighted by molar-refractivity contribution is 0.0590. The van der Waals surface area contributed by atoms with E-state index < -0.39 is 21.6 Å². The zero-order chi connectivity index (χ0) is 24.5. The van der Waals surface area contributed by atoms with Crippen LogP contribution in [0.25, 0.3) is 22.0 Å². The number of carbonyl (C=O) groups excluding carboxylic acids is 1. The molecule has 0 aliphatic heterocycles. The molecule has 8 nitrogen and oxygen atoms in total. The number of aryl methyl sites for hydroxylation is 2. The number of carbonyl (C=O) groups is 1. The van der Waals surface area contributed by atoms with E-state index in [-0.39, 0.29) is 27.1 Å². The second kappa shape index (κ2) is 9.11. The summed E-state index contributed by atoms with van der Waals surface area (Å²) in [5, 5.41) is 11.1. The number of sulfone groups is 1. The third kappa shape index (κ3) is 4.42. The van der Waals surface area contributed by atoms with Crippen LogP contribution in [-0.4, -0.2) is 42.4 Å². The molecule has 0 saturated carbocycles. The van der Waals surface area contributed by atoms with Gasteiger partial charge in [0.1, 0.15) is 0 Å². The van der Waals surface area contributed by atoms with Gasteiger partial charge in [-0.3, -0.25) is 4.79 Å². The Bertz CT molecular complexity index is 1540. The predicted octanol–water partition coefficient (Wildman–Crippen LogP) is 3.20. The van der Waals surface area contributed by atoms with Crippen LogP contribution in [0.1, 0.15) is 16.1 Å². The van der Waals surface area contributed by atoms with Crippen LogP contribution in [0.4, 0.5) is 0 Å². The fourth-order valence-electron chi connectivity index (χ4n) is 3.77. The maximum absolute atomic E-state index is 13.5. The lowest BCUT2D eigenvalue weighted by Gasteiger charge is -2.15. The van der Waals surface area contributed by atoms with Gasteiger partial charge in [-0.05, 0) is 35.7 Å². The molecule has 174 valence electrons. The van der Waals surface area contributed by atoms with Crippen molar-refractivity contribution in [3.63, 3.8) is 0 Å². The molecule has 2 heterocycles. The number of nitrogens with zero attached hydrogens (tertiary/aromatic N) is 2. The number of aromatic hydroxyl groups is 1. The van der Waals surface area contributed by atoms with E-state index in [9.17, 15) is 23.1 Å². The molecule has 0 bridgehead atoms. The van der Waals surface area contributed by atoms with Gasteiger partial charge in [-0.25, -0.2) is 18.2 Å². The molecule has 0 aliphatic rings. The monoisotopic (exact) mass is 478 g/mol. The van der Waals surface area contributed by atoms with Gasteiger partial charge < -0.3 is 14.4 Å². The lowest BCUT2D eigenvalue weighted by atomic mass is 10.0. The normalized spacial score (nSPS) is 11.5. The first kappa shape index (κ1) is 23.2. The minimum atomic E-state index is -3.40. The Labute approximate surface area is 196 Å². The fourth-order valence-corrected chi connectivity index (χ4v) is 4.40. The molecule has 0 fully saturated rings. The van der Waals surface area contributed by atoms with Crippen molar-refractivity contribution in [1.82, 2.24) is 9.55 Å². The highest BCUT2D eigenvalue weighted by Crippen LogP contribution is 2.30. The molecule has 0 atom stereocenters. The van der Waals surface area contributed by atoms with E-state index >= 15 is 0 Å². The third-order valence-electron chi connectivity index (χ3n) is 5.57. The van der Waals surface area contributed by atoms with Crippen LogP contribution in [0.3, 0.4) is 0 Å². The first-order chi connectivity index (χ1) is 16.2. The average Bonchev–Trinajstić information content (AvgIpc) is 2.83. The second-order valence-corrected chi connectivity index (χ2v) is 9.81. The summed E-state index contributed by atoms with van der Waals surface area (Å²) in [7, 11) is -2.22. The smallest absolute Gasteiger partial charge is 0.360 e. The van der Waals surface area contributed by atoms with Crippen molar-refractivity contribution in [2.75, 3.05) is 13.4 Å². The molecule has 2 aromatic carbocycles. The molecule has 9 heteroatoms. The van der Waals surface area contributed by atoms with Crippen LogP contribution >= 0.6 is 0 Å². The first-order valence-electron chi connectivity index (χ1n) is 10.4. The Morgan fingerprint density at radius 1 is 1.09 bits per heavy atom. The molecule has 0 amide bonds. The van der Waals surface area contributed by atoms with E-state index in [0.29, 0.717) is 24.0 Å². The molecule has 0 saturated heterocycles. The van der Waals surface area contributed by atoms with Gasteiger partial charge in [0.2, 0.25) is 0 Å². The van der Waals surface area contributed by atoms with Gasteiger partial charge in [0.15, 0.2) is 21.3 Å². The Hall–Kier alpha value is -3.98. The fraction of sp³-hybridized carbons (Fsp3) is 0.160. The highest BCUT2D eigenvalue weighted by Gasteiger charge is 2.20. The standard InChI is InChI=1S/C25H22N2O6S/c1-33-25(30)22-23(28)20-14-19(17-8-10-18(11-9-17)34(2,31)32)24(29)27(21(20)15-26-22)13-12-16-6-4-3-5-7-16/h3-11,14-15,28H,12-13H2,1-2H3. The molecule has 0 aliphatic carbocycles. The Balaban J connectivity index is 1.92. The molecule has 34 heavy (non-hydrogen) atoms. The van der Waals surface area contributed by atoms with Crippen molar-refractivity contribution in [3.8, 4) is 16.9 Å². The van der Waals surface area contributed by atoms with E-state index in [4.69, 9.17) is 4.74 Å². The minimum Gasteiger partial charge on any atom is -0.505 e. The molecule has 0 spiro atoms. The van der Waals surface area contributed by atoms with Crippen LogP contribution in [0, 0.1) is 0 Å². The number of fused-ring (bicyclic) bond motifs is 1. The summed E-state index contributed by atoms with van der Waals surface area (Å²) >= 11 is 0. The molecule has 4 aromatic rings. The summed E-state index contributed by atoms with van der Waals surface area (Å²) < 4.78 is 29.8. The summed E-state index contributed by atoms with van der Waals surface area (Å²) in [5.41, 5.74) is 1.52. The maximum atomic E-state index is 13.5. The lowest BCUT2D eigenvalue weighted by Crippen LogP contribution is -2.23. The van der Waals surface area contributed by atoms with E-state index in [1.165, 1.54) is 36.1 Å². The largest absolute Gasteiger partial charge is 0.505 e. The third-order valence-corrected chi connectivity index (χ3v) is 6.69. The predicted molar refractivity (Wildman–Crippen MR) is 128 cm³/mol.